The zero-order valence-corrected chi connectivity index (χ0v) is 13.8. The van der Waals surface area contributed by atoms with Gasteiger partial charge < -0.3 is 15.4 Å². The van der Waals surface area contributed by atoms with Crippen molar-refractivity contribution >= 4 is 6.09 Å². The van der Waals surface area contributed by atoms with E-state index in [0.717, 1.165) is 38.8 Å². The molecule has 0 bridgehead atoms. The predicted octanol–water partition coefficient (Wildman–Crippen LogP) is 3.40. The molecule has 0 aromatic heterocycles. The SMILES string of the molecule is CC(C)CC1CC(CCN)CCN1C(=O)OC(C)(C)C. The fourth-order valence-corrected chi connectivity index (χ4v) is 2.96. The van der Waals surface area contributed by atoms with Crippen LogP contribution in [0.5, 0.6) is 0 Å². The molecule has 4 nitrogen and oxygen atoms in total. The Hall–Kier alpha value is -0.770. The quantitative estimate of drug-likeness (QED) is 0.861. The number of carbonyl (C=O) groups excluding carboxylic acids is 1. The van der Waals surface area contributed by atoms with Gasteiger partial charge in [-0.15, -0.1) is 0 Å². The lowest BCUT2D eigenvalue weighted by atomic mass is 9.85. The van der Waals surface area contributed by atoms with Crippen molar-refractivity contribution in [2.24, 2.45) is 17.6 Å². The van der Waals surface area contributed by atoms with Gasteiger partial charge in [-0.3, -0.25) is 0 Å². The van der Waals surface area contributed by atoms with E-state index in [-0.39, 0.29) is 6.09 Å². The molecule has 0 radical (unpaired) electrons. The third kappa shape index (κ3) is 5.70. The number of nitrogens with zero attached hydrogens (tertiary/aromatic N) is 1. The van der Waals surface area contributed by atoms with E-state index >= 15 is 0 Å². The number of hydrogen-bond donors (Lipinski definition) is 1. The maximum Gasteiger partial charge on any atom is 0.410 e. The van der Waals surface area contributed by atoms with Crippen molar-refractivity contribution < 1.29 is 9.53 Å². The molecule has 2 N–H and O–H groups in total. The maximum absolute atomic E-state index is 12.3. The second-order valence-corrected chi connectivity index (χ2v) is 7.42. The number of rotatable bonds is 4. The third-order valence-corrected chi connectivity index (χ3v) is 3.77. The van der Waals surface area contributed by atoms with E-state index in [1.807, 2.05) is 25.7 Å². The summed E-state index contributed by atoms with van der Waals surface area (Å²) in [6.07, 6.45) is 4.06. The molecule has 20 heavy (non-hydrogen) atoms. The van der Waals surface area contributed by atoms with Crippen LogP contribution in [-0.4, -0.2) is 35.7 Å². The largest absolute Gasteiger partial charge is 0.444 e. The third-order valence-electron chi connectivity index (χ3n) is 3.77. The minimum absolute atomic E-state index is 0.158. The highest BCUT2D eigenvalue weighted by Gasteiger charge is 2.34. The Morgan fingerprint density at radius 2 is 2.05 bits per heavy atom. The zero-order valence-electron chi connectivity index (χ0n) is 13.8. The minimum Gasteiger partial charge on any atom is -0.444 e. The molecule has 2 atom stereocenters. The summed E-state index contributed by atoms with van der Waals surface area (Å²) < 4.78 is 5.55. The van der Waals surface area contributed by atoms with E-state index in [2.05, 4.69) is 13.8 Å². The van der Waals surface area contributed by atoms with Crippen LogP contribution in [0.3, 0.4) is 0 Å². The molecule has 1 fully saturated rings. The van der Waals surface area contributed by atoms with Gasteiger partial charge in [0.25, 0.3) is 0 Å². The van der Waals surface area contributed by atoms with Gasteiger partial charge in [0, 0.05) is 12.6 Å². The molecule has 1 heterocycles. The Labute approximate surface area is 124 Å². The van der Waals surface area contributed by atoms with Crippen molar-refractivity contribution in [1.29, 1.82) is 0 Å². The van der Waals surface area contributed by atoms with Crippen LogP contribution in [0.2, 0.25) is 0 Å². The van der Waals surface area contributed by atoms with Gasteiger partial charge in [0.15, 0.2) is 0 Å². The number of likely N-dealkylation sites (tertiary alicyclic amines) is 1. The van der Waals surface area contributed by atoms with Crippen LogP contribution < -0.4 is 5.73 Å². The minimum atomic E-state index is -0.423. The predicted molar refractivity (Wildman–Crippen MR) is 82.6 cm³/mol. The number of amides is 1. The average Bonchev–Trinajstić information content (AvgIpc) is 2.26. The van der Waals surface area contributed by atoms with Crippen molar-refractivity contribution in [2.45, 2.75) is 71.9 Å². The van der Waals surface area contributed by atoms with Gasteiger partial charge in [-0.1, -0.05) is 13.8 Å². The summed E-state index contributed by atoms with van der Waals surface area (Å²) in [5.41, 5.74) is 5.26. The number of carbonyl (C=O) groups is 1. The van der Waals surface area contributed by atoms with Crippen LogP contribution in [0.15, 0.2) is 0 Å². The summed E-state index contributed by atoms with van der Waals surface area (Å²) in [6, 6.07) is 0.301. The summed E-state index contributed by atoms with van der Waals surface area (Å²) in [5.74, 6) is 1.24. The molecule has 1 aliphatic heterocycles. The maximum atomic E-state index is 12.3. The molecule has 0 aromatic carbocycles. The first-order valence-corrected chi connectivity index (χ1v) is 7.92. The summed E-state index contributed by atoms with van der Waals surface area (Å²) in [4.78, 5) is 14.3. The second kappa shape index (κ2) is 7.30. The number of hydrogen-bond acceptors (Lipinski definition) is 3. The van der Waals surface area contributed by atoms with Crippen molar-refractivity contribution in [3.8, 4) is 0 Å². The molecule has 1 aliphatic rings. The lowest BCUT2D eigenvalue weighted by Crippen LogP contribution is -2.48. The van der Waals surface area contributed by atoms with Gasteiger partial charge in [0.05, 0.1) is 0 Å². The van der Waals surface area contributed by atoms with Gasteiger partial charge in [0.1, 0.15) is 5.60 Å². The van der Waals surface area contributed by atoms with Gasteiger partial charge in [-0.25, -0.2) is 4.79 Å². The molecule has 1 rings (SSSR count). The molecular weight excluding hydrogens is 252 g/mol. The van der Waals surface area contributed by atoms with E-state index in [1.165, 1.54) is 0 Å². The van der Waals surface area contributed by atoms with E-state index < -0.39 is 5.60 Å². The van der Waals surface area contributed by atoms with Crippen LogP contribution >= 0.6 is 0 Å². The smallest absolute Gasteiger partial charge is 0.410 e. The Bertz CT molecular complexity index is 310. The molecule has 118 valence electrons. The van der Waals surface area contributed by atoms with Crippen LogP contribution in [0, 0.1) is 11.8 Å². The molecule has 0 aliphatic carbocycles. The molecule has 1 amide bonds. The number of piperidine rings is 1. The van der Waals surface area contributed by atoms with Crippen LogP contribution in [0.25, 0.3) is 0 Å². The Morgan fingerprint density at radius 1 is 1.40 bits per heavy atom. The normalized spacial score (nSPS) is 24.1. The summed E-state index contributed by atoms with van der Waals surface area (Å²) >= 11 is 0. The highest BCUT2D eigenvalue weighted by atomic mass is 16.6. The lowest BCUT2D eigenvalue weighted by molar-refractivity contribution is 0.00146. The molecule has 2 unspecified atom stereocenters. The standard InChI is InChI=1S/C16H32N2O2/c1-12(2)10-14-11-13(6-8-17)7-9-18(14)15(19)20-16(3,4)5/h12-14H,6-11,17H2,1-5H3. The molecule has 0 aromatic rings. The van der Waals surface area contributed by atoms with Gasteiger partial charge in [-0.05, 0) is 64.8 Å². The van der Waals surface area contributed by atoms with Crippen molar-refractivity contribution in [3.05, 3.63) is 0 Å². The first-order valence-electron chi connectivity index (χ1n) is 7.92. The molecule has 0 saturated carbocycles. The van der Waals surface area contributed by atoms with Gasteiger partial charge in [0.2, 0.25) is 0 Å². The molecule has 0 spiro atoms. The van der Waals surface area contributed by atoms with E-state index in [0.29, 0.717) is 17.9 Å². The van der Waals surface area contributed by atoms with E-state index in [9.17, 15) is 4.79 Å². The second-order valence-electron chi connectivity index (χ2n) is 7.42. The Balaban J connectivity index is 2.69. The Morgan fingerprint density at radius 3 is 2.55 bits per heavy atom. The monoisotopic (exact) mass is 284 g/mol. The number of nitrogens with two attached hydrogens (primary N) is 1. The molecular formula is C16H32N2O2. The summed E-state index contributed by atoms with van der Waals surface area (Å²) in [6.45, 7) is 11.7. The summed E-state index contributed by atoms with van der Waals surface area (Å²) in [5, 5.41) is 0. The lowest BCUT2D eigenvalue weighted by Gasteiger charge is -2.40. The summed E-state index contributed by atoms with van der Waals surface area (Å²) in [7, 11) is 0. The van der Waals surface area contributed by atoms with E-state index in [1.54, 1.807) is 0 Å². The first kappa shape index (κ1) is 17.3. The topological polar surface area (TPSA) is 55.6 Å². The van der Waals surface area contributed by atoms with Crippen molar-refractivity contribution in [1.82, 2.24) is 4.90 Å². The first-order chi connectivity index (χ1) is 9.23. The number of ether oxygens (including phenoxy) is 1. The van der Waals surface area contributed by atoms with Gasteiger partial charge in [-0.2, -0.15) is 0 Å². The van der Waals surface area contributed by atoms with Crippen molar-refractivity contribution in [3.63, 3.8) is 0 Å². The van der Waals surface area contributed by atoms with E-state index in [4.69, 9.17) is 10.5 Å². The highest BCUT2D eigenvalue weighted by Crippen LogP contribution is 2.30. The average molecular weight is 284 g/mol. The molecule has 1 saturated heterocycles. The molecule has 4 heteroatoms. The van der Waals surface area contributed by atoms with Gasteiger partial charge >= 0.3 is 6.09 Å². The zero-order chi connectivity index (χ0) is 15.3. The Kier molecular flexibility index (Phi) is 6.31. The van der Waals surface area contributed by atoms with Crippen LogP contribution in [0.4, 0.5) is 4.79 Å². The fraction of sp³-hybridized carbons (Fsp3) is 0.938. The van der Waals surface area contributed by atoms with Crippen LogP contribution in [-0.2, 0) is 4.74 Å². The highest BCUT2D eigenvalue weighted by molar-refractivity contribution is 5.68. The fourth-order valence-electron chi connectivity index (χ4n) is 2.96. The van der Waals surface area contributed by atoms with Crippen molar-refractivity contribution in [2.75, 3.05) is 13.1 Å². The van der Waals surface area contributed by atoms with Crippen LogP contribution in [0.1, 0.15) is 60.3 Å².